The van der Waals surface area contributed by atoms with Crippen LogP contribution in [-0.4, -0.2) is 71.3 Å². The monoisotopic (exact) mass is 537 g/mol. The highest BCUT2D eigenvalue weighted by Gasteiger charge is 2.31. The lowest BCUT2D eigenvalue weighted by atomic mass is 9.97. The fourth-order valence-electron chi connectivity index (χ4n) is 3.56. The standard InChI is InChI=1S/C24H31N3O11/c1-15(2)22(28)38-17(4)13-35-16(3)12-36-23(29)18-8-10-25(11-9-18)24(30)37-14-19-20(26(31)32)6-5-7-21(19)27(33)34/h5-7,16-18H,1,8-14H2,2-4H3. The molecule has 1 aliphatic heterocycles. The van der Waals surface area contributed by atoms with Crippen LogP contribution in [0.2, 0.25) is 0 Å². The summed E-state index contributed by atoms with van der Waals surface area (Å²) in [6, 6.07) is 3.37. The number of carbonyl (C=O) groups excluding carboxylic acids is 3. The lowest BCUT2D eigenvalue weighted by Crippen LogP contribution is -2.41. The van der Waals surface area contributed by atoms with E-state index < -0.39 is 64.0 Å². The van der Waals surface area contributed by atoms with Crippen molar-refractivity contribution >= 4 is 29.4 Å². The summed E-state index contributed by atoms with van der Waals surface area (Å²) < 4.78 is 21.1. The molecule has 1 aromatic rings. The third-order valence-electron chi connectivity index (χ3n) is 5.68. The van der Waals surface area contributed by atoms with E-state index in [1.165, 1.54) is 17.9 Å². The fraction of sp³-hybridized carbons (Fsp3) is 0.542. The zero-order chi connectivity index (χ0) is 28.4. The van der Waals surface area contributed by atoms with E-state index in [1.54, 1.807) is 13.8 Å². The molecule has 0 aliphatic carbocycles. The largest absolute Gasteiger partial charge is 0.463 e. The van der Waals surface area contributed by atoms with Gasteiger partial charge < -0.3 is 23.8 Å². The van der Waals surface area contributed by atoms with Crippen molar-refractivity contribution in [3.63, 3.8) is 0 Å². The Morgan fingerprint density at radius 2 is 1.61 bits per heavy atom. The first-order valence-electron chi connectivity index (χ1n) is 11.9. The maximum absolute atomic E-state index is 12.5. The summed E-state index contributed by atoms with van der Waals surface area (Å²) in [5, 5.41) is 22.4. The zero-order valence-electron chi connectivity index (χ0n) is 21.5. The van der Waals surface area contributed by atoms with Gasteiger partial charge in [0.25, 0.3) is 11.4 Å². The molecule has 0 saturated carbocycles. The number of hydrogen-bond acceptors (Lipinski definition) is 11. The number of esters is 2. The molecule has 2 rings (SSSR count). The molecule has 0 radical (unpaired) electrons. The molecule has 1 amide bonds. The number of hydrogen-bond donors (Lipinski definition) is 0. The maximum atomic E-state index is 12.5. The van der Waals surface area contributed by atoms with Gasteiger partial charge in [-0.25, -0.2) is 9.59 Å². The van der Waals surface area contributed by atoms with Gasteiger partial charge >= 0.3 is 18.0 Å². The Labute approximate surface area is 218 Å². The summed E-state index contributed by atoms with van der Waals surface area (Å²) in [5.41, 5.74) is -1.07. The first-order chi connectivity index (χ1) is 17.9. The molecule has 0 spiro atoms. The van der Waals surface area contributed by atoms with Crippen LogP contribution in [0.3, 0.4) is 0 Å². The van der Waals surface area contributed by atoms with E-state index in [1.807, 2.05) is 0 Å². The van der Waals surface area contributed by atoms with Crippen molar-refractivity contribution in [3.05, 3.63) is 56.1 Å². The SMILES string of the molecule is C=C(C)C(=O)OC(C)COC(C)COC(=O)C1CCN(C(=O)OCc2c([N+](=O)[O-])cccc2[N+](=O)[O-])CC1. The number of amides is 1. The van der Waals surface area contributed by atoms with Gasteiger partial charge in [-0.05, 0) is 39.7 Å². The summed E-state index contributed by atoms with van der Waals surface area (Å²) >= 11 is 0. The molecule has 38 heavy (non-hydrogen) atoms. The molecular formula is C24H31N3O11. The number of nitro benzene ring substituents is 2. The van der Waals surface area contributed by atoms with Gasteiger partial charge in [0, 0.05) is 30.8 Å². The molecule has 1 aromatic carbocycles. The van der Waals surface area contributed by atoms with Crippen LogP contribution in [0.5, 0.6) is 0 Å². The van der Waals surface area contributed by atoms with Crippen molar-refractivity contribution < 1.29 is 43.2 Å². The highest BCUT2D eigenvalue weighted by molar-refractivity contribution is 5.87. The van der Waals surface area contributed by atoms with Crippen LogP contribution in [0.1, 0.15) is 39.2 Å². The van der Waals surface area contributed by atoms with Crippen molar-refractivity contribution in [3.8, 4) is 0 Å². The molecular weight excluding hydrogens is 506 g/mol. The van der Waals surface area contributed by atoms with Crippen LogP contribution in [0.15, 0.2) is 30.4 Å². The predicted octanol–water partition coefficient (Wildman–Crippen LogP) is 3.31. The van der Waals surface area contributed by atoms with Crippen molar-refractivity contribution in [1.82, 2.24) is 4.90 Å². The maximum Gasteiger partial charge on any atom is 0.410 e. The second-order valence-electron chi connectivity index (χ2n) is 8.88. The second-order valence-corrected chi connectivity index (χ2v) is 8.88. The van der Waals surface area contributed by atoms with Gasteiger partial charge in [0.15, 0.2) is 0 Å². The van der Waals surface area contributed by atoms with Crippen molar-refractivity contribution in [2.45, 2.75) is 52.4 Å². The van der Waals surface area contributed by atoms with E-state index in [0.717, 1.165) is 12.1 Å². The Morgan fingerprint density at radius 3 is 2.13 bits per heavy atom. The molecule has 1 fully saturated rings. The van der Waals surface area contributed by atoms with Gasteiger partial charge in [-0.15, -0.1) is 0 Å². The number of benzene rings is 1. The smallest absolute Gasteiger partial charge is 0.410 e. The number of carbonyl (C=O) groups is 3. The summed E-state index contributed by atoms with van der Waals surface area (Å²) in [5.74, 6) is -1.40. The van der Waals surface area contributed by atoms with E-state index in [4.69, 9.17) is 18.9 Å². The molecule has 0 bridgehead atoms. The van der Waals surface area contributed by atoms with E-state index in [2.05, 4.69) is 6.58 Å². The minimum absolute atomic E-state index is 0.00310. The van der Waals surface area contributed by atoms with Crippen LogP contribution in [0, 0.1) is 26.1 Å². The van der Waals surface area contributed by atoms with Gasteiger partial charge in [0.2, 0.25) is 0 Å². The lowest BCUT2D eigenvalue weighted by molar-refractivity contribution is -0.396. The van der Waals surface area contributed by atoms with Gasteiger partial charge in [0.05, 0.1) is 28.5 Å². The number of piperidine rings is 1. The van der Waals surface area contributed by atoms with E-state index in [0.29, 0.717) is 12.8 Å². The molecule has 1 heterocycles. The first kappa shape index (κ1) is 30.2. The molecule has 1 saturated heterocycles. The average molecular weight is 538 g/mol. The van der Waals surface area contributed by atoms with Gasteiger partial charge in [-0.1, -0.05) is 6.58 Å². The van der Waals surface area contributed by atoms with Gasteiger partial charge in [0.1, 0.15) is 24.9 Å². The highest BCUT2D eigenvalue weighted by atomic mass is 16.6. The van der Waals surface area contributed by atoms with Crippen LogP contribution in [-0.2, 0) is 35.1 Å². The van der Waals surface area contributed by atoms with Crippen LogP contribution < -0.4 is 0 Å². The third kappa shape index (κ3) is 8.80. The third-order valence-corrected chi connectivity index (χ3v) is 5.68. The van der Waals surface area contributed by atoms with Crippen LogP contribution in [0.4, 0.5) is 16.2 Å². The molecule has 14 nitrogen and oxygen atoms in total. The molecule has 0 N–H and O–H groups in total. The quantitative estimate of drug-likeness (QED) is 0.126. The van der Waals surface area contributed by atoms with E-state index >= 15 is 0 Å². The normalized spacial score (nSPS) is 15.2. The number of ether oxygens (including phenoxy) is 4. The van der Waals surface area contributed by atoms with Crippen LogP contribution >= 0.6 is 0 Å². The Hall–Kier alpha value is -4.07. The minimum atomic E-state index is -0.798. The second kappa shape index (κ2) is 14.0. The molecule has 2 atom stereocenters. The Morgan fingerprint density at radius 1 is 1.03 bits per heavy atom. The van der Waals surface area contributed by atoms with Gasteiger partial charge in [-0.2, -0.15) is 0 Å². The van der Waals surface area contributed by atoms with Crippen molar-refractivity contribution in [2.24, 2.45) is 5.92 Å². The van der Waals surface area contributed by atoms with E-state index in [9.17, 15) is 34.6 Å². The molecule has 1 aliphatic rings. The fourth-order valence-corrected chi connectivity index (χ4v) is 3.56. The summed E-state index contributed by atoms with van der Waals surface area (Å²) in [6.45, 7) is 8.25. The first-order valence-corrected chi connectivity index (χ1v) is 11.9. The summed E-state index contributed by atoms with van der Waals surface area (Å²) in [6.07, 6.45) is -1.12. The molecule has 208 valence electrons. The number of likely N-dealkylation sites (tertiary alicyclic amines) is 1. The highest BCUT2D eigenvalue weighted by Crippen LogP contribution is 2.29. The topological polar surface area (TPSA) is 178 Å². The molecule has 2 unspecified atom stereocenters. The zero-order valence-corrected chi connectivity index (χ0v) is 21.5. The Bertz CT molecular complexity index is 1030. The number of rotatable bonds is 12. The predicted molar refractivity (Wildman–Crippen MR) is 131 cm³/mol. The number of nitrogens with zero attached hydrogens (tertiary/aromatic N) is 3. The minimum Gasteiger partial charge on any atom is -0.463 e. The summed E-state index contributed by atoms with van der Waals surface area (Å²) in [7, 11) is 0. The van der Waals surface area contributed by atoms with Crippen molar-refractivity contribution in [2.75, 3.05) is 26.3 Å². The van der Waals surface area contributed by atoms with Crippen molar-refractivity contribution in [1.29, 1.82) is 0 Å². The molecule has 0 aromatic heterocycles. The average Bonchev–Trinajstić information content (AvgIpc) is 2.88. The number of nitro groups is 2. The summed E-state index contributed by atoms with van der Waals surface area (Å²) in [4.78, 5) is 58.6. The Kier molecular flexibility index (Phi) is 11.1. The van der Waals surface area contributed by atoms with Crippen LogP contribution in [0.25, 0.3) is 0 Å². The lowest BCUT2D eigenvalue weighted by Gasteiger charge is -2.30. The molecule has 14 heteroatoms. The van der Waals surface area contributed by atoms with E-state index in [-0.39, 0.29) is 37.4 Å². The van der Waals surface area contributed by atoms with Gasteiger partial charge in [-0.3, -0.25) is 25.0 Å². The Balaban J connectivity index is 1.77.